The van der Waals surface area contributed by atoms with Crippen LogP contribution in [0.25, 0.3) is 0 Å². The van der Waals surface area contributed by atoms with E-state index >= 15 is 0 Å². The Kier molecular flexibility index (Phi) is 7.76. The highest BCUT2D eigenvalue weighted by atomic mass is 16.5. The van der Waals surface area contributed by atoms with Crippen molar-refractivity contribution in [2.75, 3.05) is 6.61 Å². The molecule has 0 aliphatic rings. The van der Waals surface area contributed by atoms with Crippen molar-refractivity contribution in [3.8, 4) is 5.75 Å². The van der Waals surface area contributed by atoms with Crippen LogP contribution in [-0.2, 0) is 6.42 Å². The van der Waals surface area contributed by atoms with Gasteiger partial charge in [-0.3, -0.25) is 0 Å². The molecule has 2 unspecified atom stereocenters. The van der Waals surface area contributed by atoms with Gasteiger partial charge >= 0.3 is 0 Å². The van der Waals surface area contributed by atoms with Crippen LogP contribution in [0.3, 0.4) is 0 Å². The highest BCUT2D eigenvalue weighted by Crippen LogP contribution is 2.27. The summed E-state index contributed by atoms with van der Waals surface area (Å²) in [6.07, 6.45) is 3.92. The Balaban J connectivity index is 2.76. The van der Waals surface area contributed by atoms with Crippen LogP contribution in [0, 0.1) is 13.8 Å². The lowest BCUT2D eigenvalue weighted by atomic mass is 9.97. The quantitative estimate of drug-likeness (QED) is 0.732. The Hall–Kier alpha value is -1.06. The first kappa shape index (κ1) is 18.0. The van der Waals surface area contributed by atoms with Crippen LogP contribution in [0.1, 0.15) is 56.2 Å². The number of hydrogen-bond donors (Lipinski definition) is 2. The van der Waals surface area contributed by atoms with Crippen LogP contribution in [0.5, 0.6) is 5.75 Å². The molecule has 0 aliphatic carbocycles. The van der Waals surface area contributed by atoms with Gasteiger partial charge in [0, 0.05) is 6.04 Å². The number of hydrogen-bond acceptors (Lipinski definition) is 3. The van der Waals surface area contributed by atoms with E-state index in [-0.39, 0.29) is 6.04 Å². The summed E-state index contributed by atoms with van der Waals surface area (Å²) in [6.45, 7) is 9.11. The molecule has 0 bridgehead atoms. The van der Waals surface area contributed by atoms with Crippen molar-refractivity contribution < 1.29 is 9.84 Å². The van der Waals surface area contributed by atoms with E-state index in [1.165, 1.54) is 16.7 Å². The van der Waals surface area contributed by atoms with Crippen molar-refractivity contribution >= 4 is 0 Å². The molecule has 1 aromatic rings. The molecule has 0 saturated carbocycles. The molecule has 0 amide bonds. The van der Waals surface area contributed by atoms with Crippen LogP contribution in [0.4, 0.5) is 0 Å². The minimum Gasteiger partial charge on any atom is -0.493 e. The second-order valence-corrected chi connectivity index (χ2v) is 5.98. The lowest BCUT2D eigenvalue weighted by Gasteiger charge is -2.20. The lowest BCUT2D eigenvalue weighted by Crippen LogP contribution is -2.34. The molecule has 0 heterocycles. The van der Waals surface area contributed by atoms with Gasteiger partial charge in [-0.1, -0.05) is 38.0 Å². The predicted molar refractivity (Wildman–Crippen MR) is 88.9 cm³/mol. The summed E-state index contributed by atoms with van der Waals surface area (Å²) in [5, 5.41) is 10.1. The average Bonchev–Trinajstić information content (AvgIpc) is 2.43. The number of aryl methyl sites for hydroxylation is 3. The molecule has 0 radical (unpaired) electrons. The maximum atomic E-state index is 10.1. The summed E-state index contributed by atoms with van der Waals surface area (Å²) < 4.78 is 5.90. The number of benzene rings is 1. The summed E-state index contributed by atoms with van der Waals surface area (Å²) in [7, 11) is 0. The summed E-state index contributed by atoms with van der Waals surface area (Å²) >= 11 is 0. The van der Waals surface area contributed by atoms with Gasteiger partial charge in [0.1, 0.15) is 5.75 Å². The van der Waals surface area contributed by atoms with Crippen LogP contribution in [0.15, 0.2) is 12.1 Å². The predicted octanol–water partition coefficient (Wildman–Crippen LogP) is 3.51. The summed E-state index contributed by atoms with van der Waals surface area (Å²) in [5.74, 6) is 0.985. The molecule has 0 spiro atoms. The molecule has 2 atom stereocenters. The SMILES string of the molecule is CCCOc1c(C)cc(C)cc1CCC(O)C(N)CCC. The van der Waals surface area contributed by atoms with Gasteiger partial charge in [-0.05, 0) is 50.7 Å². The Morgan fingerprint density at radius 1 is 1.14 bits per heavy atom. The first-order valence-electron chi connectivity index (χ1n) is 8.16. The van der Waals surface area contributed by atoms with Gasteiger partial charge < -0.3 is 15.6 Å². The number of rotatable bonds is 9. The zero-order chi connectivity index (χ0) is 15.8. The van der Waals surface area contributed by atoms with E-state index in [1.807, 2.05) is 0 Å². The molecular formula is C18H31NO2. The van der Waals surface area contributed by atoms with Crippen LogP contribution < -0.4 is 10.5 Å². The zero-order valence-corrected chi connectivity index (χ0v) is 14.0. The number of aliphatic hydroxyl groups excluding tert-OH is 1. The first-order chi connectivity index (χ1) is 9.99. The van der Waals surface area contributed by atoms with Crippen molar-refractivity contribution in [3.63, 3.8) is 0 Å². The topological polar surface area (TPSA) is 55.5 Å². The monoisotopic (exact) mass is 293 g/mol. The highest BCUT2D eigenvalue weighted by Gasteiger charge is 2.16. The zero-order valence-electron chi connectivity index (χ0n) is 14.0. The van der Waals surface area contributed by atoms with Gasteiger partial charge in [-0.2, -0.15) is 0 Å². The largest absolute Gasteiger partial charge is 0.493 e. The van der Waals surface area contributed by atoms with Gasteiger partial charge in [0.2, 0.25) is 0 Å². The molecule has 0 aliphatic heterocycles. The van der Waals surface area contributed by atoms with Crippen molar-refractivity contribution in [3.05, 3.63) is 28.8 Å². The van der Waals surface area contributed by atoms with Gasteiger partial charge in [0.05, 0.1) is 12.7 Å². The minimum absolute atomic E-state index is 0.124. The third kappa shape index (κ3) is 5.68. The van der Waals surface area contributed by atoms with Crippen LogP contribution in [0.2, 0.25) is 0 Å². The van der Waals surface area contributed by atoms with Gasteiger partial charge in [-0.15, -0.1) is 0 Å². The minimum atomic E-state index is -0.440. The molecular weight excluding hydrogens is 262 g/mol. The molecule has 1 rings (SSSR count). The second kappa shape index (κ2) is 9.06. The highest BCUT2D eigenvalue weighted by molar-refractivity contribution is 5.44. The maximum Gasteiger partial charge on any atom is 0.125 e. The lowest BCUT2D eigenvalue weighted by molar-refractivity contribution is 0.130. The van der Waals surface area contributed by atoms with Gasteiger partial charge in [0.15, 0.2) is 0 Å². The summed E-state index contributed by atoms with van der Waals surface area (Å²) in [5.41, 5.74) is 9.58. The number of aliphatic hydroxyl groups is 1. The fourth-order valence-electron chi connectivity index (χ4n) is 2.68. The van der Waals surface area contributed by atoms with E-state index in [2.05, 4.69) is 39.8 Å². The molecule has 0 fully saturated rings. The van der Waals surface area contributed by atoms with E-state index in [9.17, 15) is 5.11 Å². The van der Waals surface area contributed by atoms with Crippen molar-refractivity contribution in [1.82, 2.24) is 0 Å². The first-order valence-corrected chi connectivity index (χ1v) is 8.16. The molecule has 3 N–H and O–H groups in total. The van der Waals surface area contributed by atoms with Crippen molar-refractivity contribution in [2.24, 2.45) is 5.73 Å². The fourth-order valence-corrected chi connectivity index (χ4v) is 2.68. The molecule has 120 valence electrons. The Bertz CT molecular complexity index is 431. The van der Waals surface area contributed by atoms with E-state index in [1.54, 1.807) is 0 Å². The Morgan fingerprint density at radius 3 is 2.48 bits per heavy atom. The Labute approximate surface area is 129 Å². The standard InChI is InChI=1S/C18H31NO2/c1-5-7-16(19)17(20)9-8-15-12-13(3)11-14(4)18(15)21-10-6-2/h11-12,16-17,20H,5-10,19H2,1-4H3. The van der Waals surface area contributed by atoms with E-state index < -0.39 is 6.10 Å². The number of ether oxygens (including phenoxy) is 1. The molecule has 1 aromatic carbocycles. The van der Waals surface area contributed by atoms with Crippen LogP contribution >= 0.6 is 0 Å². The van der Waals surface area contributed by atoms with Crippen molar-refractivity contribution in [1.29, 1.82) is 0 Å². The molecule has 0 aromatic heterocycles. The summed E-state index contributed by atoms with van der Waals surface area (Å²) in [6, 6.07) is 4.19. The molecule has 3 heteroatoms. The Morgan fingerprint density at radius 2 is 1.86 bits per heavy atom. The molecule has 21 heavy (non-hydrogen) atoms. The average molecular weight is 293 g/mol. The third-order valence-electron chi connectivity index (χ3n) is 3.77. The van der Waals surface area contributed by atoms with Gasteiger partial charge in [0.25, 0.3) is 0 Å². The smallest absolute Gasteiger partial charge is 0.125 e. The number of nitrogens with two attached hydrogens (primary N) is 1. The van der Waals surface area contributed by atoms with Crippen molar-refractivity contribution in [2.45, 2.75) is 71.9 Å². The van der Waals surface area contributed by atoms with E-state index in [4.69, 9.17) is 10.5 Å². The fraction of sp³-hybridized carbons (Fsp3) is 0.667. The summed E-state index contributed by atoms with van der Waals surface area (Å²) in [4.78, 5) is 0. The van der Waals surface area contributed by atoms with Crippen LogP contribution in [-0.4, -0.2) is 23.9 Å². The molecule has 0 saturated heterocycles. The van der Waals surface area contributed by atoms with Gasteiger partial charge in [-0.25, -0.2) is 0 Å². The second-order valence-electron chi connectivity index (χ2n) is 5.98. The maximum absolute atomic E-state index is 10.1. The normalized spacial score (nSPS) is 14.0. The third-order valence-corrected chi connectivity index (χ3v) is 3.77. The molecule has 3 nitrogen and oxygen atoms in total. The van der Waals surface area contributed by atoms with E-state index in [0.29, 0.717) is 6.42 Å². The van der Waals surface area contributed by atoms with E-state index in [0.717, 1.165) is 38.0 Å².